The van der Waals surface area contributed by atoms with Crippen molar-refractivity contribution in [3.63, 3.8) is 0 Å². The monoisotopic (exact) mass is 340 g/mol. The number of esters is 1. The number of carbonyl (C=O) groups is 1. The van der Waals surface area contributed by atoms with Crippen LogP contribution in [-0.4, -0.2) is 13.1 Å². The van der Waals surface area contributed by atoms with Crippen LogP contribution in [-0.2, 0) is 11.2 Å². The van der Waals surface area contributed by atoms with Crippen molar-refractivity contribution in [2.75, 3.05) is 7.11 Å². The third-order valence-corrected chi connectivity index (χ3v) is 4.29. The molecular weight excluding hydrogens is 316 g/mol. The summed E-state index contributed by atoms with van der Waals surface area (Å²) in [5.41, 5.74) is 1.69. The Morgan fingerprint density at radius 3 is 2.40 bits per heavy atom. The molecule has 0 N–H and O–H groups in total. The van der Waals surface area contributed by atoms with E-state index in [0.717, 1.165) is 35.5 Å². The molecule has 132 valence electrons. The molecule has 0 saturated heterocycles. The number of carbonyl (C=O) groups excluding carboxylic acids is 1. The van der Waals surface area contributed by atoms with Crippen LogP contribution in [0.25, 0.3) is 0 Å². The van der Waals surface area contributed by atoms with Crippen molar-refractivity contribution in [1.29, 1.82) is 0 Å². The summed E-state index contributed by atoms with van der Waals surface area (Å²) in [6.07, 6.45) is 1.80. The molecule has 0 saturated carbocycles. The van der Waals surface area contributed by atoms with Crippen molar-refractivity contribution in [3.8, 4) is 17.2 Å². The first kappa shape index (κ1) is 17.3. The molecule has 3 rings (SSSR count). The molecule has 1 aliphatic heterocycles. The quantitative estimate of drug-likeness (QED) is 0.599. The highest BCUT2D eigenvalue weighted by atomic mass is 16.5. The van der Waals surface area contributed by atoms with Crippen LogP contribution < -0.4 is 14.2 Å². The lowest BCUT2D eigenvalue weighted by Crippen LogP contribution is -2.25. The zero-order chi connectivity index (χ0) is 18.0. The first-order valence-electron chi connectivity index (χ1n) is 8.52. The third kappa shape index (κ3) is 3.95. The predicted molar refractivity (Wildman–Crippen MR) is 96.2 cm³/mol. The molecule has 1 atom stereocenters. The fourth-order valence-electron chi connectivity index (χ4n) is 2.74. The number of ether oxygens (including phenoxy) is 3. The maximum absolute atomic E-state index is 12.0. The van der Waals surface area contributed by atoms with Gasteiger partial charge in [-0.15, -0.1) is 0 Å². The minimum absolute atomic E-state index is 0.0291. The highest BCUT2D eigenvalue weighted by Gasteiger charge is 2.25. The van der Waals surface area contributed by atoms with Crippen LogP contribution in [0.15, 0.2) is 42.5 Å². The molecule has 1 unspecified atom stereocenters. The number of aryl methyl sites for hydroxylation is 1. The highest BCUT2D eigenvalue weighted by molar-refractivity contribution is 5.78. The van der Waals surface area contributed by atoms with Gasteiger partial charge in [0.1, 0.15) is 23.4 Å². The van der Waals surface area contributed by atoms with Gasteiger partial charge in [0.2, 0.25) is 0 Å². The van der Waals surface area contributed by atoms with Gasteiger partial charge in [0.25, 0.3) is 0 Å². The lowest BCUT2D eigenvalue weighted by molar-refractivity contribution is -0.143. The SMILES string of the molecule is COc1ccc(C2CCc3cc(OC(=O)C(C)(C)C)ccc3O2)cc1. The Morgan fingerprint density at radius 1 is 1.08 bits per heavy atom. The average molecular weight is 340 g/mol. The van der Waals surface area contributed by atoms with Crippen LogP contribution in [0.4, 0.5) is 0 Å². The van der Waals surface area contributed by atoms with E-state index in [9.17, 15) is 4.79 Å². The molecule has 0 aliphatic carbocycles. The van der Waals surface area contributed by atoms with Gasteiger partial charge in [0.05, 0.1) is 12.5 Å². The fraction of sp³-hybridized carbons (Fsp3) is 0.381. The van der Waals surface area contributed by atoms with E-state index in [1.807, 2.05) is 57.2 Å². The molecule has 0 spiro atoms. The maximum Gasteiger partial charge on any atom is 0.316 e. The molecule has 4 heteroatoms. The Balaban J connectivity index is 1.73. The molecule has 4 nitrogen and oxygen atoms in total. The van der Waals surface area contributed by atoms with Gasteiger partial charge in [-0.05, 0) is 75.1 Å². The second kappa shape index (κ2) is 6.79. The van der Waals surface area contributed by atoms with E-state index in [4.69, 9.17) is 14.2 Å². The number of methoxy groups -OCH3 is 1. The molecule has 2 aromatic carbocycles. The van der Waals surface area contributed by atoms with Crippen LogP contribution in [0.3, 0.4) is 0 Å². The van der Waals surface area contributed by atoms with Crippen molar-refractivity contribution in [1.82, 2.24) is 0 Å². The van der Waals surface area contributed by atoms with E-state index >= 15 is 0 Å². The normalized spacial score (nSPS) is 16.6. The van der Waals surface area contributed by atoms with Gasteiger partial charge < -0.3 is 14.2 Å². The number of hydrogen-bond donors (Lipinski definition) is 0. The van der Waals surface area contributed by atoms with Crippen LogP contribution in [0.2, 0.25) is 0 Å². The number of fused-ring (bicyclic) bond motifs is 1. The van der Waals surface area contributed by atoms with Gasteiger partial charge in [-0.25, -0.2) is 0 Å². The first-order valence-corrected chi connectivity index (χ1v) is 8.52. The summed E-state index contributed by atoms with van der Waals surface area (Å²) in [4.78, 5) is 12.0. The van der Waals surface area contributed by atoms with Gasteiger partial charge in [-0.2, -0.15) is 0 Å². The van der Waals surface area contributed by atoms with Gasteiger partial charge in [0.15, 0.2) is 0 Å². The Bertz CT molecular complexity index is 756. The van der Waals surface area contributed by atoms with E-state index in [0.29, 0.717) is 5.75 Å². The van der Waals surface area contributed by atoms with Crippen LogP contribution in [0.1, 0.15) is 44.4 Å². The largest absolute Gasteiger partial charge is 0.497 e. The second-order valence-corrected chi connectivity index (χ2v) is 7.33. The van der Waals surface area contributed by atoms with Gasteiger partial charge in [0, 0.05) is 0 Å². The molecule has 0 radical (unpaired) electrons. The van der Waals surface area contributed by atoms with Gasteiger partial charge >= 0.3 is 5.97 Å². The molecule has 1 heterocycles. The average Bonchev–Trinajstić information content (AvgIpc) is 2.60. The van der Waals surface area contributed by atoms with E-state index in [1.54, 1.807) is 13.2 Å². The standard InChI is InChI=1S/C21H24O4/c1-21(2,3)20(22)24-17-10-12-19-15(13-17)7-11-18(25-19)14-5-8-16(23-4)9-6-14/h5-6,8-10,12-13,18H,7,11H2,1-4H3. The van der Waals surface area contributed by atoms with Crippen molar-refractivity contribution in [2.45, 2.75) is 39.7 Å². The molecule has 25 heavy (non-hydrogen) atoms. The zero-order valence-electron chi connectivity index (χ0n) is 15.2. The van der Waals surface area contributed by atoms with E-state index in [-0.39, 0.29) is 12.1 Å². The van der Waals surface area contributed by atoms with E-state index < -0.39 is 5.41 Å². The Kier molecular flexibility index (Phi) is 4.71. The van der Waals surface area contributed by atoms with Crippen molar-refractivity contribution in [3.05, 3.63) is 53.6 Å². The van der Waals surface area contributed by atoms with Crippen LogP contribution >= 0.6 is 0 Å². The molecule has 0 amide bonds. The smallest absolute Gasteiger partial charge is 0.316 e. The second-order valence-electron chi connectivity index (χ2n) is 7.33. The maximum atomic E-state index is 12.0. The van der Waals surface area contributed by atoms with Crippen molar-refractivity contribution in [2.24, 2.45) is 5.41 Å². The fourth-order valence-corrected chi connectivity index (χ4v) is 2.74. The third-order valence-electron chi connectivity index (χ3n) is 4.29. The summed E-state index contributed by atoms with van der Waals surface area (Å²) < 4.78 is 16.8. The van der Waals surface area contributed by atoms with E-state index in [2.05, 4.69) is 0 Å². The Hall–Kier alpha value is -2.49. The summed E-state index contributed by atoms with van der Waals surface area (Å²) in [6.45, 7) is 5.53. The topological polar surface area (TPSA) is 44.8 Å². The lowest BCUT2D eigenvalue weighted by Gasteiger charge is -2.27. The minimum Gasteiger partial charge on any atom is -0.497 e. The highest BCUT2D eigenvalue weighted by Crippen LogP contribution is 2.37. The predicted octanol–water partition coefficient (Wildman–Crippen LogP) is 4.71. The Labute approximate surface area is 148 Å². The number of rotatable bonds is 3. The molecule has 1 aliphatic rings. The summed E-state index contributed by atoms with van der Waals surface area (Å²) in [5.74, 6) is 2.03. The first-order chi connectivity index (χ1) is 11.9. The van der Waals surface area contributed by atoms with Crippen LogP contribution in [0.5, 0.6) is 17.2 Å². The van der Waals surface area contributed by atoms with Crippen molar-refractivity contribution >= 4 is 5.97 Å². The number of benzene rings is 2. The summed E-state index contributed by atoms with van der Waals surface area (Å²) in [5, 5.41) is 0. The lowest BCUT2D eigenvalue weighted by atomic mass is 9.96. The van der Waals surface area contributed by atoms with Crippen LogP contribution in [0, 0.1) is 5.41 Å². The molecular formula is C21H24O4. The summed E-state index contributed by atoms with van der Waals surface area (Å²) >= 11 is 0. The Morgan fingerprint density at radius 2 is 1.76 bits per heavy atom. The minimum atomic E-state index is -0.522. The summed E-state index contributed by atoms with van der Waals surface area (Å²) in [6, 6.07) is 13.5. The summed E-state index contributed by atoms with van der Waals surface area (Å²) in [7, 11) is 1.66. The zero-order valence-corrected chi connectivity index (χ0v) is 15.2. The van der Waals surface area contributed by atoms with E-state index in [1.165, 1.54) is 0 Å². The van der Waals surface area contributed by atoms with Gasteiger partial charge in [-0.3, -0.25) is 4.79 Å². The molecule has 0 fully saturated rings. The molecule has 0 aromatic heterocycles. The molecule has 0 bridgehead atoms. The van der Waals surface area contributed by atoms with Gasteiger partial charge in [-0.1, -0.05) is 12.1 Å². The van der Waals surface area contributed by atoms with Crippen molar-refractivity contribution < 1.29 is 19.0 Å². The molecule has 2 aromatic rings. The number of hydrogen-bond acceptors (Lipinski definition) is 4.